The topological polar surface area (TPSA) is 34.9 Å². The van der Waals surface area contributed by atoms with Crippen LogP contribution < -0.4 is 5.56 Å². The van der Waals surface area contributed by atoms with Gasteiger partial charge >= 0.3 is 0 Å². The van der Waals surface area contributed by atoms with Crippen LogP contribution in [0, 0.1) is 0 Å². The molecule has 124 valence electrons. The van der Waals surface area contributed by atoms with E-state index in [1.54, 1.807) is 10.9 Å². The van der Waals surface area contributed by atoms with Crippen LogP contribution in [-0.2, 0) is 6.54 Å². The zero-order valence-corrected chi connectivity index (χ0v) is 15.3. The molecule has 2 aromatic heterocycles. The zero-order valence-electron chi connectivity index (χ0n) is 12.9. The molecular formula is C19H12Cl2N2OS. The molecule has 2 aromatic carbocycles. The van der Waals surface area contributed by atoms with E-state index in [0.717, 1.165) is 21.5 Å². The molecule has 0 fully saturated rings. The number of aromatic nitrogens is 2. The lowest BCUT2D eigenvalue weighted by atomic mass is 10.1. The molecule has 2 heterocycles. The van der Waals surface area contributed by atoms with Crippen molar-refractivity contribution in [3.8, 4) is 11.1 Å². The van der Waals surface area contributed by atoms with Gasteiger partial charge in [0.2, 0.25) is 0 Å². The largest absolute Gasteiger partial charge is 0.294 e. The molecule has 4 rings (SSSR count). The van der Waals surface area contributed by atoms with Crippen molar-refractivity contribution in [3.05, 3.63) is 86.2 Å². The van der Waals surface area contributed by atoms with Crippen LogP contribution in [0.2, 0.25) is 10.0 Å². The van der Waals surface area contributed by atoms with Crippen molar-refractivity contribution < 1.29 is 0 Å². The van der Waals surface area contributed by atoms with Crippen LogP contribution in [0.4, 0.5) is 0 Å². The number of fused-ring (bicyclic) bond motifs is 1. The highest BCUT2D eigenvalue weighted by atomic mass is 35.5. The summed E-state index contributed by atoms with van der Waals surface area (Å²) in [7, 11) is 0. The summed E-state index contributed by atoms with van der Waals surface area (Å²) in [6, 6.07) is 14.9. The molecule has 0 unspecified atom stereocenters. The van der Waals surface area contributed by atoms with E-state index in [0.29, 0.717) is 22.0 Å². The van der Waals surface area contributed by atoms with Crippen molar-refractivity contribution in [1.82, 2.24) is 9.55 Å². The predicted octanol–water partition coefficient (Wildman–Crippen LogP) is 5.48. The Balaban J connectivity index is 1.81. The van der Waals surface area contributed by atoms with Gasteiger partial charge in [-0.25, -0.2) is 4.98 Å². The number of hydrogen-bond acceptors (Lipinski definition) is 3. The van der Waals surface area contributed by atoms with Crippen LogP contribution in [-0.4, -0.2) is 9.55 Å². The van der Waals surface area contributed by atoms with Gasteiger partial charge in [-0.1, -0.05) is 47.5 Å². The van der Waals surface area contributed by atoms with E-state index in [9.17, 15) is 4.79 Å². The molecule has 0 saturated carbocycles. The van der Waals surface area contributed by atoms with Crippen molar-refractivity contribution in [2.75, 3.05) is 0 Å². The van der Waals surface area contributed by atoms with Crippen molar-refractivity contribution in [3.63, 3.8) is 0 Å². The van der Waals surface area contributed by atoms with Crippen LogP contribution in [0.15, 0.2) is 65.0 Å². The average Bonchev–Trinajstić information content (AvgIpc) is 3.05. The maximum atomic E-state index is 13.0. The van der Waals surface area contributed by atoms with Crippen molar-refractivity contribution in [2.24, 2.45) is 0 Å². The van der Waals surface area contributed by atoms with Crippen LogP contribution >= 0.6 is 34.5 Å². The number of nitrogens with zero attached hydrogens (tertiary/aromatic N) is 2. The minimum atomic E-state index is -0.0499. The lowest BCUT2D eigenvalue weighted by Crippen LogP contribution is -2.20. The van der Waals surface area contributed by atoms with Gasteiger partial charge in [0.1, 0.15) is 4.83 Å². The molecule has 0 radical (unpaired) electrons. The van der Waals surface area contributed by atoms with Gasteiger partial charge in [0.15, 0.2) is 0 Å². The summed E-state index contributed by atoms with van der Waals surface area (Å²) in [5.74, 6) is 0. The van der Waals surface area contributed by atoms with Crippen molar-refractivity contribution in [1.29, 1.82) is 0 Å². The predicted molar refractivity (Wildman–Crippen MR) is 105 cm³/mol. The number of halogens is 2. The van der Waals surface area contributed by atoms with Gasteiger partial charge in [-0.2, -0.15) is 0 Å². The minimum absolute atomic E-state index is 0.0499. The third kappa shape index (κ3) is 3.21. The number of rotatable bonds is 3. The zero-order chi connectivity index (χ0) is 17.4. The van der Waals surface area contributed by atoms with Gasteiger partial charge in [-0.15, -0.1) is 11.3 Å². The first-order chi connectivity index (χ1) is 12.1. The SMILES string of the molecule is O=c1c2c(-c3ccc(Cl)cc3)csc2ncn1Cc1ccc(Cl)cc1. The first-order valence-electron chi connectivity index (χ1n) is 7.59. The summed E-state index contributed by atoms with van der Waals surface area (Å²) >= 11 is 13.4. The fourth-order valence-electron chi connectivity index (χ4n) is 2.71. The first-order valence-corrected chi connectivity index (χ1v) is 9.22. The molecule has 0 aliphatic heterocycles. The molecule has 0 spiro atoms. The third-order valence-electron chi connectivity index (χ3n) is 3.98. The lowest BCUT2D eigenvalue weighted by Gasteiger charge is -2.07. The molecule has 4 aromatic rings. The molecule has 0 bridgehead atoms. The van der Waals surface area contributed by atoms with E-state index in [4.69, 9.17) is 23.2 Å². The summed E-state index contributed by atoms with van der Waals surface area (Å²) in [6.07, 6.45) is 1.60. The maximum Gasteiger partial charge on any atom is 0.263 e. The van der Waals surface area contributed by atoms with Gasteiger partial charge in [0.25, 0.3) is 5.56 Å². The highest BCUT2D eigenvalue weighted by molar-refractivity contribution is 7.17. The fraction of sp³-hybridized carbons (Fsp3) is 0.0526. The summed E-state index contributed by atoms with van der Waals surface area (Å²) in [5.41, 5.74) is 2.79. The van der Waals surface area contributed by atoms with E-state index >= 15 is 0 Å². The van der Waals surface area contributed by atoms with Crippen molar-refractivity contribution >= 4 is 44.8 Å². The van der Waals surface area contributed by atoms with Gasteiger partial charge in [0, 0.05) is 21.0 Å². The Labute approximate surface area is 158 Å². The molecule has 0 aliphatic carbocycles. The van der Waals surface area contributed by atoms with E-state index in [-0.39, 0.29) is 5.56 Å². The van der Waals surface area contributed by atoms with E-state index in [1.807, 2.05) is 53.9 Å². The standard InChI is InChI=1S/C19H12Cl2N2OS/c20-14-5-1-12(2-6-14)9-23-11-22-18-17(19(23)24)16(10-25-18)13-3-7-15(21)8-4-13/h1-8,10-11H,9H2. The minimum Gasteiger partial charge on any atom is -0.294 e. The van der Waals surface area contributed by atoms with Crippen LogP contribution in [0.5, 0.6) is 0 Å². The van der Waals surface area contributed by atoms with Crippen molar-refractivity contribution in [2.45, 2.75) is 6.54 Å². The Morgan fingerprint density at radius 2 is 1.60 bits per heavy atom. The number of thiophene rings is 1. The second-order valence-corrected chi connectivity index (χ2v) is 7.37. The number of hydrogen-bond donors (Lipinski definition) is 0. The normalized spacial score (nSPS) is 11.1. The summed E-state index contributed by atoms with van der Waals surface area (Å²) in [5, 5.41) is 3.95. The maximum absolute atomic E-state index is 13.0. The van der Waals surface area contributed by atoms with Crippen LogP contribution in [0.25, 0.3) is 21.3 Å². The number of benzene rings is 2. The lowest BCUT2D eigenvalue weighted by molar-refractivity contribution is 0.749. The molecule has 0 amide bonds. The molecule has 0 aliphatic rings. The van der Waals surface area contributed by atoms with E-state index in [1.165, 1.54) is 11.3 Å². The van der Waals surface area contributed by atoms with Crippen LogP contribution in [0.1, 0.15) is 5.56 Å². The summed E-state index contributed by atoms with van der Waals surface area (Å²) in [4.78, 5) is 18.2. The van der Waals surface area contributed by atoms with Crippen LogP contribution in [0.3, 0.4) is 0 Å². The molecule has 0 saturated heterocycles. The molecule has 3 nitrogen and oxygen atoms in total. The molecule has 0 N–H and O–H groups in total. The highest BCUT2D eigenvalue weighted by Crippen LogP contribution is 2.31. The Bertz CT molecular complexity index is 1100. The Morgan fingerprint density at radius 1 is 0.960 bits per heavy atom. The Kier molecular flexibility index (Phi) is 4.34. The Morgan fingerprint density at radius 3 is 2.28 bits per heavy atom. The van der Waals surface area contributed by atoms with Gasteiger partial charge in [0.05, 0.1) is 18.3 Å². The van der Waals surface area contributed by atoms with E-state index < -0.39 is 0 Å². The molecular weight excluding hydrogens is 375 g/mol. The first kappa shape index (κ1) is 16.3. The van der Waals surface area contributed by atoms with Gasteiger partial charge < -0.3 is 0 Å². The monoisotopic (exact) mass is 386 g/mol. The van der Waals surface area contributed by atoms with Gasteiger partial charge in [-0.3, -0.25) is 9.36 Å². The second-order valence-electron chi connectivity index (χ2n) is 5.64. The quantitative estimate of drug-likeness (QED) is 0.467. The third-order valence-corrected chi connectivity index (χ3v) is 5.37. The Hall–Kier alpha value is -2.14. The molecule has 6 heteroatoms. The summed E-state index contributed by atoms with van der Waals surface area (Å²) < 4.78 is 1.62. The van der Waals surface area contributed by atoms with E-state index in [2.05, 4.69) is 4.98 Å². The second kappa shape index (κ2) is 6.64. The smallest absolute Gasteiger partial charge is 0.263 e. The fourth-order valence-corrected chi connectivity index (χ4v) is 3.87. The molecule has 25 heavy (non-hydrogen) atoms. The highest BCUT2D eigenvalue weighted by Gasteiger charge is 2.13. The molecule has 0 atom stereocenters. The van der Waals surface area contributed by atoms with Gasteiger partial charge in [-0.05, 0) is 35.4 Å². The summed E-state index contributed by atoms with van der Waals surface area (Å²) in [6.45, 7) is 0.453. The average molecular weight is 387 g/mol.